The van der Waals surface area contributed by atoms with E-state index in [9.17, 15) is 4.79 Å². The first kappa shape index (κ1) is 6.83. The number of aromatic nitrogens is 1. The van der Waals surface area contributed by atoms with Crippen LogP contribution in [0.5, 0.6) is 0 Å². The summed E-state index contributed by atoms with van der Waals surface area (Å²) in [5.41, 5.74) is 1.22. The molecule has 2 heterocycles. The van der Waals surface area contributed by atoms with Crippen molar-refractivity contribution in [2.75, 3.05) is 27.1 Å². The van der Waals surface area contributed by atoms with E-state index in [0.29, 0.717) is 21.4 Å². The lowest BCUT2D eigenvalue weighted by Gasteiger charge is -2.09. The predicted octanol–water partition coefficient (Wildman–Crippen LogP) is 1.92. The first-order valence-electron chi connectivity index (χ1n) is 10.9. The molecule has 1 amide bonds. The molecule has 5 nitrogen and oxygen atoms in total. The lowest BCUT2D eigenvalue weighted by Crippen LogP contribution is -2.28. The number of aromatic amines is 1. The Balaban J connectivity index is 1.97. The predicted molar refractivity (Wildman–Crippen MR) is 82.5 cm³/mol. The first-order valence-corrected chi connectivity index (χ1v) is 6.41. The zero-order valence-corrected chi connectivity index (χ0v) is 11.4. The van der Waals surface area contributed by atoms with Gasteiger partial charge in [0.05, 0.1) is 11.5 Å². The van der Waals surface area contributed by atoms with Gasteiger partial charge in [-0.05, 0) is 50.1 Å². The monoisotopic (exact) mass is 296 g/mol. The van der Waals surface area contributed by atoms with Crippen LogP contribution in [0, 0.1) is 0 Å². The fraction of sp³-hybridized carbons (Fsp3) is 0.438. The molecule has 1 aliphatic heterocycles. The zero-order chi connectivity index (χ0) is 22.7. The van der Waals surface area contributed by atoms with Gasteiger partial charge in [0.1, 0.15) is 6.56 Å². The molecule has 0 aliphatic carbocycles. The maximum Gasteiger partial charge on any atom is 0.407 e. The van der Waals surface area contributed by atoms with Gasteiger partial charge in [-0.3, -0.25) is 0 Å². The van der Waals surface area contributed by atoms with Crippen LogP contribution in [0.15, 0.2) is 24.4 Å². The van der Waals surface area contributed by atoms with Crippen molar-refractivity contribution in [1.82, 2.24) is 15.2 Å². The van der Waals surface area contributed by atoms with Gasteiger partial charge >= 0.3 is 6.09 Å². The number of nitrogens with zero attached hydrogens (tertiary/aromatic N) is 1. The Kier molecular flexibility index (Phi) is 1.88. The van der Waals surface area contributed by atoms with Crippen LogP contribution in [0.3, 0.4) is 0 Å². The second kappa shape index (κ2) is 5.77. The minimum Gasteiger partial charge on any atom is -0.447 e. The van der Waals surface area contributed by atoms with Gasteiger partial charge in [-0.1, -0.05) is 6.07 Å². The fourth-order valence-corrected chi connectivity index (χ4v) is 2.17. The number of hydrogen-bond donors (Lipinski definition) is 2. The Morgan fingerprint density at radius 2 is 2.62 bits per heavy atom. The van der Waals surface area contributed by atoms with Gasteiger partial charge in [0.25, 0.3) is 0 Å². The first-order chi connectivity index (χ1) is 13.6. The van der Waals surface area contributed by atoms with Crippen molar-refractivity contribution in [2.24, 2.45) is 0 Å². The van der Waals surface area contributed by atoms with E-state index >= 15 is 0 Å². The molecular weight excluding hydrogens is 266 g/mol. The van der Waals surface area contributed by atoms with Crippen molar-refractivity contribution in [3.05, 3.63) is 35.5 Å². The van der Waals surface area contributed by atoms with Crippen molar-refractivity contribution < 1.29 is 21.9 Å². The number of benzene rings is 1. The highest BCUT2D eigenvalue weighted by molar-refractivity contribution is 5.84. The quantitative estimate of drug-likeness (QED) is 0.886. The van der Waals surface area contributed by atoms with Crippen LogP contribution in [0.1, 0.15) is 23.5 Å². The number of hydrogen-bond acceptors (Lipinski definition) is 3. The Labute approximate surface area is 136 Å². The lowest BCUT2D eigenvalue weighted by atomic mass is 10.0. The number of H-pyrrole nitrogens is 1. The largest absolute Gasteiger partial charge is 0.447 e. The van der Waals surface area contributed by atoms with E-state index in [4.69, 9.17) is 12.3 Å². The number of carbonyl (C=O) groups excluding carboxylic acids is 1. The molecule has 2 aromatic rings. The van der Waals surface area contributed by atoms with Gasteiger partial charge in [0.15, 0.2) is 0 Å². The Morgan fingerprint density at radius 3 is 3.38 bits per heavy atom. The molecule has 112 valence electrons. The molecule has 0 unspecified atom stereocenters. The summed E-state index contributed by atoms with van der Waals surface area (Å²) in [7, 11) is 1.14. The number of cyclic esters (lactones) is 1. The van der Waals surface area contributed by atoms with E-state index in [2.05, 4.69) is 15.0 Å². The van der Waals surface area contributed by atoms with E-state index in [0.717, 1.165) is 7.05 Å². The second-order valence-corrected chi connectivity index (χ2v) is 4.77. The third-order valence-corrected chi connectivity index (χ3v) is 3.15. The van der Waals surface area contributed by atoms with Crippen LogP contribution >= 0.6 is 0 Å². The summed E-state index contributed by atoms with van der Waals surface area (Å²) in [6, 6.07) is 2.71. The van der Waals surface area contributed by atoms with Gasteiger partial charge in [0, 0.05) is 30.4 Å². The number of carbonyl (C=O) groups is 1. The minimum atomic E-state index is -2.66. The molecule has 1 aromatic heterocycles. The Hall–Kier alpha value is -2.01. The molecule has 2 N–H and O–H groups in total. The van der Waals surface area contributed by atoms with Crippen molar-refractivity contribution in [2.45, 2.75) is 18.9 Å². The van der Waals surface area contributed by atoms with Crippen molar-refractivity contribution in [3.63, 3.8) is 0 Å². The topological polar surface area (TPSA) is 57.4 Å². The van der Waals surface area contributed by atoms with Crippen LogP contribution in [-0.4, -0.2) is 49.1 Å². The van der Waals surface area contributed by atoms with Gasteiger partial charge < -0.3 is 19.9 Å². The number of aryl methyl sites for hydroxylation is 1. The highest BCUT2D eigenvalue weighted by atomic mass is 16.6. The average Bonchev–Trinajstić information content (AvgIpc) is 2.97. The third kappa shape index (κ3) is 3.19. The van der Waals surface area contributed by atoms with Gasteiger partial charge in [-0.25, -0.2) is 4.79 Å². The van der Waals surface area contributed by atoms with Gasteiger partial charge in [-0.15, -0.1) is 0 Å². The molecule has 0 saturated carbocycles. The standard InChI is InChI=1S/C16H21N3O2/c1-19(2)6-5-12-9-17-15-4-3-11(8-14(12)15)7-13-10-21-16(20)18-13/h3-4,8-9,13,17H,5-7,10H2,1-2H3,(H,18,20)/t13-/m0/s1/i1D3,6D2,9D,10D2,13D. The molecule has 5 heteroatoms. The number of ether oxygens (including phenoxy) is 1. The zero-order valence-electron chi connectivity index (χ0n) is 20.4. The Bertz CT molecular complexity index is 988. The van der Waals surface area contributed by atoms with Crippen molar-refractivity contribution in [1.29, 1.82) is 0 Å². The molecule has 1 aliphatic rings. The van der Waals surface area contributed by atoms with E-state index in [-0.39, 0.29) is 24.6 Å². The van der Waals surface area contributed by atoms with E-state index < -0.39 is 32.1 Å². The number of likely N-dealkylation sites (N-methyl/N-ethyl adjacent to an activating group) is 1. The summed E-state index contributed by atoms with van der Waals surface area (Å²) >= 11 is 0. The molecule has 1 saturated heterocycles. The molecule has 3 rings (SSSR count). The van der Waals surface area contributed by atoms with E-state index in [1.807, 2.05) is 0 Å². The summed E-state index contributed by atoms with van der Waals surface area (Å²) in [6.45, 7) is -7.49. The summed E-state index contributed by atoms with van der Waals surface area (Å²) in [5.74, 6) is 0. The number of nitrogens with one attached hydrogen (secondary N) is 2. The molecule has 1 aromatic carbocycles. The normalized spacial score (nSPS) is 31.7. The van der Waals surface area contributed by atoms with E-state index in [1.54, 1.807) is 18.2 Å². The third-order valence-electron chi connectivity index (χ3n) is 3.15. The average molecular weight is 296 g/mol. The minimum absolute atomic E-state index is 0.0709. The lowest BCUT2D eigenvalue weighted by molar-refractivity contribution is 0.177. The molecule has 0 bridgehead atoms. The van der Waals surface area contributed by atoms with Crippen molar-refractivity contribution >= 4 is 17.0 Å². The summed E-state index contributed by atoms with van der Waals surface area (Å²) in [5, 5.41) is 2.62. The molecule has 0 radical (unpaired) electrons. The molecule has 0 spiro atoms. The van der Waals surface area contributed by atoms with Crippen LogP contribution in [0.2, 0.25) is 0 Å². The van der Waals surface area contributed by atoms with Crippen LogP contribution in [0.25, 0.3) is 10.9 Å². The molecular formula is C16H21N3O2. The highest BCUT2D eigenvalue weighted by Gasteiger charge is 2.22. The van der Waals surface area contributed by atoms with Crippen LogP contribution in [-0.2, 0) is 17.6 Å². The highest BCUT2D eigenvalue weighted by Crippen LogP contribution is 2.21. The maximum absolute atomic E-state index is 11.4. The van der Waals surface area contributed by atoms with Crippen molar-refractivity contribution in [3.8, 4) is 0 Å². The summed E-state index contributed by atoms with van der Waals surface area (Å²) in [6.07, 6.45) is -1.72. The molecule has 1 atom stereocenters. The number of amides is 1. The molecule has 21 heavy (non-hydrogen) atoms. The van der Waals surface area contributed by atoms with Gasteiger partial charge in [0.2, 0.25) is 0 Å². The van der Waals surface area contributed by atoms with Crippen LogP contribution < -0.4 is 5.32 Å². The summed E-state index contributed by atoms with van der Waals surface area (Å²) < 4.78 is 75.2. The Morgan fingerprint density at radius 1 is 1.71 bits per heavy atom. The fourth-order valence-electron chi connectivity index (χ4n) is 2.17. The molecule has 1 fully saturated rings. The number of fused-ring (bicyclic) bond motifs is 1. The SMILES string of the molecule is [2H]c1[nH]c2ccc(C[C@]3([2H])NC(=O)OC3([2H])[2H])cc2c1CC([2H])([2H])N(C)C([2H])([2H])[2H]. The van der Waals surface area contributed by atoms with Gasteiger partial charge in [-0.2, -0.15) is 0 Å². The second-order valence-electron chi connectivity index (χ2n) is 4.77. The van der Waals surface area contributed by atoms with Crippen LogP contribution in [0.4, 0.5) is 4.79 Å². The number of alkyl carbamates (subject to hydrolysis) is 1. The summed E-state index contributed by atoms with van der Waals surface area (Å²) in [4.78, 5) is 14.9. The maximum atomic E-state index is 11.4. The smallest absolute Gasteiger partial charge is 0.407 e. The van der Waals surface area contributed by atoms with E-state index in [1.165, 1.54) is 0 Å². The number of rotatable bonds is 5.